The van der Waals surface area contributed by atoms with Crippen LogP contribution in [0.4, 0.5) is 4.79 Å². The molecule has 1 saturated heterocycles. The summed E-state index contributed by atoms with van der Waals surface area (Å²) in [5.74, 6) is 0.0844. The molecular formula is C20H28N6O4. The van der Waals surface area contributed by atoms with Gasteiger partial charge in [0.1, 0.15) is 23.7 Å². The number of nitrogens with two attached hydrogens (primary N) is 1. The fourth-order valence-electron chi connectivity index (χ4n) is 3.09. The number of hydrogen-bond donors (Lipinski definition) is 2. The SMILES string of the molecule is CC(C)(C)OC(=O)N1CCN(CCOc2ccc(-c3n[nH]nc3C(N)=O)cc2)CC1. The third kappa shape index (κ3) is 5.69. The van der Waals surface area contributed by atoms with Crippen molar-refractivity contribution in [2.24, 2.45) is 5.73 Å². The van der Waals surface area contributed by atoms with E-state index < -0.39 is 11.5 Å². The number of carbonyl (C=O) groups excluding carboxylic acids is 2. The number of amides is 2. The highest BCUT2D eigenvalue weighted by molar-refractivity contribution is 5.96. The first-order valence-electron chi connectivity index (χ1n) is 9.87. The van der Waals surface area contributed by atoms with E-state index in [9.17, 15) is 9.59 Å². The molecule has 2 amide bonds. The zero-order valence-corrected chi connectivity index (χ0v) is 17.6. The third-order valence-corrected chi connectivity index (χ3v) is 4.61. The maximum Gasteiger partial charge on any atom is 0.410 e. The van der Waals surface area contributed by atoms with Crippen LogP contribution in [0.15, 0.2) is 24.3 Å². The van der Waals surface area contributed by atoms with E-state index in [2.05, 4.69) is 20.3 Å². The van der Waals surface area contributed by atoms with Gasteiger partial charge in [-0.3, -0.25) is 9.69 Å². The average molecular weight is 416 g/mol. The number of carbonyl (C=O) groups is 2. The number of nitrogens with one attached hydrogen (secondary N) is 1. The summed E-state index contributed by atoms with van der Waals surface area (Å²) in [6.45, 7) is 9.75. The molecule has 0 unspecified atom stereocenters. The fourth-order valence-corrected chi connectivity index (χ4v) is 3.09. The molecule has 1 fully saturated rings. The highest BCUT2D eigenvalue weighted by Gasteiger charge is 2.25. The fraction of sp³-hybridized carbons (Fsp3) is 0.500. The van der Waals surface area contributed by atoms with Crippen molar-refractivity contribution in [3.05, 3.63) is 30.0 Å². The van der Waals surface area contributed by atoms with Gasteiger partial charge in [-0.05, 0) is 45.0 Å². The summed E-state index contributed by atoms with van der Waals surface area (Å²) in [5.41, 5.74) is 6.06. The predicted octanol–water partition coefficient (Wildman–Crippen LogP) is 1.50. The molecule has 3 N–H and O–H groups in total. The summed E-state index contributed by atoms with van der Waals surface area (Å²) in [5, 5.41) is 10.2. The Bertz CT molecular complexity index is 866. The summed E-state index contributed by atoms with van der Waals surface area (Å²) in [6, 6.07) is 7.24. The monoisotopic (exact) mass is 416 g/mol. The lowest BCUT2D eigenvalue weighted by molar-refractivity contribution is 0.0137. The Morgan fingerprint density at radius 1 is 1.10 bits per heavy atom. The molecule has 2 aromatic rings. The van der Waals surface area contributed by atoms with Crippen LogP contribution in [-0.4, -0.2) is 82.1 Å². The standard InChI is InChI=1S/C20H28N6O4/c1-20(2,3)30-19(28)26-10-8-25(9-11-26)12-13-29-15-6-4-14(5-7-15)16-17(18(21)27)23-24-22-16/h4-7H,8-13H2,1-3H3,(H2,21,27)(H,22,23,24). The van der Waals surface area contributed by atoms with E-state index in [0.717, 1.165) is 30.9 Å². The summed E-state index contributed by atoms with van der Waals surface area (Å²) in [7, 11) is 0. The van der Waals surface area contributed by atoms with Gasteiger partial charge in [-0.2, -0.15) is 15.4 Å². The van der Waals surface area contributed by atoms with Crippen LogP contribution in [0.1, 0.15) is 31.3 Å². The van der Waals surface area contributed by atoms with Crippen molar-refractivity contribution in [2.75, 3.05) is 39.3 Å². The van der Waals surface area contributed by atoms with Crippen LogP contribution in [-0.2, 0) is 4.74 Å². The molecule has 0 saturated carbocycles. The lowest BCUT2D eigenvalue weighted by Crippen LogP contribution is -2.50. The third-order valence-electron chi connectivity index (χ3n) is 4.61. The van der Waals surface area contributed by atoms with Crippen LogP contribution in [0.5, 0.6) is 5.75 Å². The summed E-state index contributed by atoms with van der Waals surface area (Å²) in [6.07, 6.45) is -0.259. The largest absolute Gasteiger partial charge is 0.492 e. The number of aromatic amines is 1. The van der Waals surface area contributed by atoms with Gasteiger partial charge < -0.3 is 20.1 Å². The quantitative estimate of drug-likeness (QED) is 0.730. The van der Waals surface area contributed by atoms with E-state index in [0.29, 0.717) is 25.4 Å². The van der Waals surface area contributed by atoms with E-state index in [1.807, 2.05) is 32.9 Å². The van der Waals surface area contributed by atoms with Gasteiger partial charge in [-0.15, -0.1) is 0 Å². The number of hydrogen-bond acceptors (Lipinski definition) is 7. The van der Waals surface area contributed by atoms with Crippen LogP contribution in [0.2, 0.25) is 0 Å². The highest BCUT2D eigenvalue weighted by Crippen LogP contribution is 2.22. The molecule has 10 heteroatoms. The molecular weight excluding hydrogens is 388 g/mol. The van der Waals surface area contributed by atoms with E-state index in [1.54, 1.807) is 17.0 Å². The number of aromatic nitrogens is 3. The zero-order valence-electron chi connectivity index (χ0n) is 17.6. The number of benzene rings is 1. The van der Waals surface area contributed by atoms with E-state index >= 15 is 0 Å². The molecule has 1 aromatic carbocycles. The second-order valence-electron chi connectivity index (χ2n) is 8.07. The van der Waals surface area contributed by atoms with Crippen LogP contribution in [0.25, 0.3) is 11.3 Å². The number of piperazine rings is 1. The minimum atomic E-state index is -0.633. The first-order chi connectivity index (χ1) is 14.2. The molecule has 30 heavy (non-hydrogen) atoms. The van der Waals surface area contributed by atoms with Crippen LogP contribution < -0.4 is 10.5 Å². The van der Waals surface area contributed by atoms with Gasteiger partial charge in [0.15, 0.2) is 5.69 Å². The minimum Gasteiger partial charge on any atom is -0.492 e. The minimum absolute atomic E-state index is 0.106. The lowest BCUT2D eigenvalue weighted by Gasteiger charge is -2.35. The molecule has 0 radical (unpaired) electrons. The molecule has 0 aliphatic carbocycles. The topological polar surface area (TPSA) is 127 Å². The Morgan fingerprint density at radius 3 is 2.37 bits per heavy atom. The van der Waals surface area contributed by atoms with Crippen molar-refractivity contribution < 1.29 is 19.1 Å². The molecule has 1 aromatic heterocycles. The van der Waals surface area contributed by atoms with Crippen molar-refractivity contribution in [1.29, 1.82) is 0 Å². The Balaban J connectivity index is 1.42. The van der Waals surface area contributed by atoms with E-state index in [4.69, 9.17) is 15.2 Å². The second kappa shape index (κ2) is 9.12. The van der Waals surface area contributed by atoms with Gasteiger partial charge in [0.25, 0.3) is 5.91 Å². The first-order valence-corrected chi connectivity index (χ1v) is 9.87. The normalized spacial score (nSPS) is 15.1. The van der Waals surface area contributed by atoms with Crippen LogP contribution >= 0.6 is 0 Å². The predicted molar refractivity (Wildman–Crippen MR) is 110 cm³/mol. The molecule has 3 rings (SSSR count). The van der Waals surface area contributed by atoms with Crippen molar-refractivity contribution in [3.63, 3.8) is 0 Å². The number of ether oxygens (including phenoxy) is 2. The number of H-pyrrole nitrogens is 1. The van der Waals surface area contributed by atoms with Gasteiger partial charge in [0, 0.05) is 38.3 Å². The second-order valence-corrected chi connectivity index (χ2v) is 8.07. The van der Waals surface area contributed by atoms with Crippen LogP contribution in [0.3, 0.4) is 0 Å². The number of nitrogens with zero attached hydrogens (tertiary/aromatic N) is 4. The lowest BCUT2D eigenvalue weighted by atomic mass is 10.1. The Labute approximate surface area is 175 Å². The van der Waals surface area contributed by atoms with Crippen molar-refractivity contribution in [3.8, 4) is 17.0 Å². The molecule has 1 aliphatic rings. The van der Waals surface area contributed by atoms with Gasteiger partial charge in [0.05, 0.1) is 0 Å². The van der Waals surface area contributed by atoms with Crippen molar-refractivity contribution >= 4 is 12.0 Å². The summed E-state index contributed by atoms with van der Waals surface area (Å²) < 4.78 is 11.2. The molecule has 162 valence electrons. The van der Waals surface area contributed by atoms with Gasteiger partial charge in [-0.25, -0.2) is 4.79 Å². The summed E-state index contributed by atoms with van der Waals surface area (Å²) in [4.78, 5) is 27.5. The number of primary amides is 1. The summed E-state index contributed by atoms with van der Waals surface area (Å²) >= 11 is 0. The zero-order chi connectivity index (χ0) is 21.7. The smallest absolute Gasteiger partial charge is 0.410 e. The molecule has 0 spiro atoms. The van der Waals surface area contributed by atoms with Gasteiger partial charge in [-0.1, -0.05) is 0 Å². The molecule has 1 aliphatic heterocycles. The maximum absolute atomic E-state index is 12.1. The van der Waals surface area contributed by atoms with E-state index in [1.165, 1.54) is 0 Å². The molecule has 10 nitrogen and oxygen atoms in total. The van der Waals surface area contributed by atoms with Crippen molar-refractivity contribution in [2.45, 2.75) is 26.4 Å². The Kier molecular flexibility index (Phi) is 6.56. The van der Waals surface area contributed by atoms with Crippen LogP contribution in [0, 0.1) is 0 Å². The van der Waals surface area contributed by atoms with Gasteiger partial charge in [0.2, 0.25) is 0 Å². The number of rotatable bonds is 6. The van der Waals surface area contributed by atoms with Gasteiger partial charge >= 0.3 is 6.09 Å². The average Bonchev–Trinajstić information content (AvgIpc) is 3.18. The Hall–Kier alpha value is -3.14. The molecule has 0 bridgehead atoms. The maximum atomic E-state index is 12.1. The molecule has 2 heterocycles. The van der Waals surface area contributed by atoms with Crippen molar-refractivity contribution in [1.82, 2.24) is 25.2 Å². The Morgan fingerprint density at radius 2 is 1.77 bits per heavy atom. The molecule has 0 atom stereocenters. The van der Waals surface area contributed by atoms with E-state index in [-0.39, 0.29) is 11.8 Å². The first kappa shape index (κ1) is 21.6. The highest BCUT2D eigenvalue weighted by atomic mass is 16.6.